The van der Waals surface area contributed by atoms with Gasteiger partial charge in [-0.25, -0.2) is 9.18 Å². The van der Waals surface area contributed by atoms with Crippen LogP contribution in [-0.4, -0.2) is 41.4 Å². The summed E-state index contributed by atoms with van der Waals surface area (Å²) in [5.74, 6) is 0.133. The van der Waals surface area contributed by atoms with Gasteiger partial charge in [0.25, 0.3) is 0 Å². The number of nitrogens with one attached hydrogen (secondary N) is 1. The summed E-state index contributed by atoms with van der Waals surface area (Å²) in [5.41, 5.74) is 1.55. The van der Waals surface area contributed by atoms with E-state index in [2.05, 4.69) is 5.32 Å². The van der Waals surface area contributed by atoms with Gasteiger partial charge in [-0.1, -0.05) is 36.4 Å². The second kappa shape index (κ2) is 7.02. The number of benzene rings is 2. The Kier molecular flexibility index (Phi) is 4.56. The number of urea groups is 1. The number of fused-ring (bicyclic) bond motifs is 1. The van der Waals surface area contributed by atoms with Crippen molar-refractivity contribution in [2.24, 2.45) is 11.8 Å². The van der Waals surface area contributed by atoms with E-state index in [9.17, 15) is 14.0 Å². The minimum absolute atomic E-state index is 0.0133. The molecule has 2 aliphatic heterocycles. The summed E-state index contributed by atoms with van der Waals surface area (Å²) >= 11 is 0. The van der Waals surface area contributed by atoms with Crippen molar-refractivity contribution in [2.75, 3.05) is 25.0 Å². The molecule has 140 valence electrons. The van der Waals surface area contributed by atoms with Crippen molar-refractivity contribution in [1.82, 2.24) is 9.80 Å². The molecular formula is C21H22FN3O2. The third kappa shape index (κ3) is 3.39. The van der Waals surface area contributed by atoms with Gasteiger partial charge in [0.1, 0.15) is 5.82 Å². The van der Waals surface area contributed by atoms with Gasteiger partial charge in [0.15, 0.2) is 0 Å². The van der Waals surface area contributed by atoms with Crippen LogP contribution in [0.3, 0.4) is 0 Å². The van der Waals surface area contributed by atoms with Crippen molar-refractivity contribution in [2.45, 2.75) is 13.0 Å². The number of amides is 3. The molecule has 2 aromatic carbocycles. The fourth-order valence-corrected chi connectivity index (χ4v) is 4.38. The van der Waals surface area contributed by atoms with Crippen molar-refractivity contribution < 1.29 is 14.0 Å². The van der Waals surface area contributed by atoms with Crippen LogP contribution in [0.15, 0.2) is 54.6 Å². The summed E-state index contributed by atoms with van der Waals surface area (Å²) in [6, 6.07) is 15.6. The Bertz CT molecular complexity index is 858. The molecule has 6 heteroatoms. The molecule has 0 unspecified atom stereocenters. The highest BCUT2D eigenvalue weighted by molar-refractivity contribution is 5.89. The van der Waals surface area contributed by atoms with Crippen molar-refractivity contribution in [3.05, 3.63) is 66.0 Å². The summed E-state index contributed by atoms with van der Waals surface area (Å²) in [7, 11) is 0. The molecule has 2 aliphatic rings. The molecule has 1 N–H and O–H groups in total. The molecule has 4 rings (SSSR count). The zero-order valence-corrected chi connectivity index (χ0v) is 15.1. The second-order valence-electron chi connectivity index (χ2n) is 7.30. The van der Waals surface area contributed by atoms with Gasteiger partial charge >= 0.3 is 6.03 Å². The van der Waals surface area contributed by atoms with Crippen LogP contribution in [0.2, 0.25) is 0 Å². The number of carbonyl (C=O) groups is 2. The van der Waals surface area contributed by atoms with Crippen LogP contribution >= 0.6 is 0 Å². The lowest BCUT2D eigenvalue weighted by molar-refractivity contribution is -0.130. The van der Waals surface area contributed by atoms with Gasteiger partial charge in [-0.15, -0.1) is 0 Å². The lowest BCUT2D eigenvalue weighted by Crippen LogP contribution is -2.38. The molecule has 0 bridgehead atoms. The summed E-state index contributed by atoms with van der Waals surface area (Å²) in [6.45, 7) is 3.43. The molecule has 2 fully saturated rings. The topological polar surface area (TPSA) is 52.7 Å². The molecule has 0 radical (unpaired) electrons. The third-order valence-electron chi connectivity index (χ3n) is 5.57. The molecule has 2 aromatic rings. The summed E-state index contributed by atoms with van der Waals surface area (Å²) in [4.78, 5) is 28.5. The number of nitrogens with zero attached hydrogens (tertiary/aromatic N) is 2. The SMILES string of the molecule is CC(=O)N1C[C@H]2CN(C(=O)Nc3cccc(F)c3)C[C@H]2[C@H]1c1ccccc1. The normalized spacial score (nSPS) is 24.0. The average molecular weight is 367 g/mol. The van der Waals surface area contributed by atoms with E-state index in [1.54, 1.807) is 24.0 Å². The molecule has 0 aliphatic carbocycles. The van der Waals surface area contributed by atoms with E-state index in [-0.39, 0.29) is 35.6 Å². The van der Waals surface area contributed by atoms with Crippen LogP contribution in [0.4, 0.5) is 14.9 Å². The fourth-order valence-electron chi connectivity index (χ4n) is 4.38. The number of hydrogen-bond acceptors (Lipinski definition) is 2. The molecule has 27 heavy (non-hydrogen) atoms. The first-order valence-corrected chi connectivity index (χ1v) is 9.16. The molecule has 3 amide bonds. The molecule has 0 aromatic heterocycles. The predicted octanol–water partition coefficient (Wildman–Crippen LogP) is 3.51. The van der Waals surface area contributed by atoms with Gasteiger partial charge in [0.2, 0.25) is 5.91 Å². The van der Waals surface area contributed by atoms with E-state index in [0.29, 0.717) is 25.3 Å². The van der Waals surface area contributed by atoms with Gasteiger partial charge in [-0.05, 0) is 23.8 Å². The Morgan fingerprint density at radius 1 is 1.04 bits per heavy atom. The van der Waals surface area contributed by atoms with E-state index in [1.807, 2.05) is 35.2 Å². The summed E-state index contributed by atoms with van der Waals surface area (Å²) in [5, 5.41) is 2.77. The molecule has 2 heterocycles. The van der Waals surface area contributed by atoms with E-state index in [1.165, 1.54) is 12.1 Å². The van der Waals surface area contributed by atoms with E-state index in [4.69, 9.17) is 0 Å². The van der Waals surface area contributed by atoms with Crippen LogP contribution in [-0.2, 0) is 4.79 Å². The standard InChI is InChI=1S/C21H22FN3O2/c1-14(26)25-12-16-11-24(21(27)23-18-9-5-8-17(22)10-18)13-19(16)20(25)15-6-3-2-4-7-15/h2-10,16,19-20H,11-13H2,1H3,(H,23,27)/t16-,19-,20-/m1/s1. The van der Waals surface area contributed by atoms with E-state index >= 15 is 0 Å². The maximum Gasteiger partial charge on any atom is 0.321 e. The first kappa shape index (κ1) is 17.5. The lowest BCUT2D eigenvalue weighted by Gasteiger charge is -2.29. The summed E-state index contributed by atoms with van der Waals surface area (Å²) in [6.07, 6.45) is 0. The molecule has 2 saturated heterocycles. The number of halogens is 1. The number of likely N-dealkylation sites (tertiary alicyclic amines) is 2. The van der Waals surface area contributed by atoms with E-state index in [0.717, 1.165) is 5.56 Å². The van der Waals surface area contributed by atoms with Crippen molar-refractivity contribution in [1.29, 1.82) is 0 Å². The highest BCUT2D eigenvalue weighted by Gasteiger charge is 2.49. The number of anilines is 1. The Balaban J connectivity index is 1.51. The van der Waals surface area contributed by atoms with E-state index < -0.39 is 0 Å². The fraction of sp³-hybridized carbons (Fsp3) is 0.333. The minimum Gasteiger partial charge on any atom is -0.335 e. The minimum atomic E-state index is -0.382. The highest BCUT2D eigenvalue weighted by Crippen LogP contribution is 2.45. The monoisotopic (exact) mass is 367 g/mol. The average Bonchev–Trinajstić information content (AvgIpc) is 3.20. The quantitative estimate of drug-likeness (QED) is 0.883. The van der Waals surface area contributed by atoms with Crippen LogP contribution in [0.25, 0.3) is 0 Å². The van der Waals surface area contributed by atoms with Gasteiger partial charge < -0.3 is 15.1 Å². The third-order valence-corrected chi connectivity index (χ3v) is 5.57. The van der Waals surface area contributed by atoms with Crippen LogP contribution < -0.4 is 5.32 Å². The Hall–Kier alpha value is -2.89. The zero-order valence-electron chi connectivity index (χ0n) is 15.1. The second-order valence-corrected chi connectivity index (χ2v) is 7.30. The van der Waals surface area contributed by atoms with Gasteiger partial charge in [-0.2, -0.15) is 0 Å². The lowest BCUT2D eigenvalue weighted by atomic mass is 9.89. The number of carbonyl (C=O) groups excluding carboxylic acids is 2. The van der Waals surface area contributed by atoms with Crippen molar-refractivity contribution >= 4 is 17.6 Å². The Labute approximate surface area is 157 Å². The first-order chi connectivity index (χ1) is 13.0. The molecule has 3 atom stereocenters. The van der Waals surface area contributed by atoms with Gasteiger partial charge in [0.05, 0.1) is 6.04 Å². The first-order valence-electron chi connectivity index (χ1n) is 9.16. The zero-order chi connectivity index (χ0) is 19.0. The van der Waals surface area contributed by atoms with Gasteiger partial charge in [0, 0.05) is 44.1 Å². The van der Waals surface area contributed by atoms with Crippen molar-refractivity contribution in [3.63, 3.8) is 0 Å². The van der Waals surface area contributed by atoms with Gasteiger partial charge in [-0.3, -0.25) is 4.79 Å². The number of rotatable bonds is 2. The Morgan fingerprint density at radius 3 is 2.52 bits per heavy atom. The number of hydrogen-bond donors (Lipinski definition) is 1. The summed E-state index contributed by atoms with van der Waals surface area (Å²) < 4.78 is 13.3. The molecule has 0 saturated carbocycles. The highest BCUT2D eigenvalue weighted by atomic mass is 19.1. The van der Waals surface area contributed by atoms with Crippen LogP contribution in [0.5, 0.6) is 0 Å². The molecule has 0 spiro atoms. The maximum absolute atomic E-state index is 13.3. The smallest absolute Gasteiger partial charge is 0.321 e. The molecule has 5 nitrogen and oxygen atoms in total. The van der Waals surface area contributed by atoms with Crippen molar-refractivity contribution in [3.8, 4) is 0 Å². The Morgan fingerprint density at radius 2 is 1.81 bits per heavy atom. The largest absolute Gasteiger partial charge is 0.335 e. The predicted molar refractivity (Wildman–Crippen MR) is 101 cm³/mol. The molecular weight excluding hydrogens is 345 g/mol. The van der Waals surface area contributed by atoms with Crippen LogP contribution in [0, 0.1) is 17.7 Å². The maximum atomic E-state index is 13.3. The van der Waals surface area contributed by atoms with Crippen LogP contribution in [0.1, 0.15) is 18.5 Å².